The Bertz CT molecular complexity index is 743. The Labute approximate surface area is 145 Å². The second-order valence-electron chi connectivity index (χ2n) is 6.55. The highest BCUT2D eigenvalue weighted by Gasteiger charge is 2.25. The maximum atomic E-state index is 13.7. The zero-order valence-corrected chi connectivity index (χ0v) is 13.9. The van der Waals surface area contributed by atoms with Crippen LogP contribution in [-0.2, 0) is 6.42 Å². The molecule has 2 aromatic rings. The Morgan fingerprint density at radius 2 is 1.88 bits per heavy atom. The zero-order valence-electron chi connectivity index (χ0n) is 13.9. The molecular weight excluding hydrogens is 324 g/mol. The highest BCUT2D eigenvalue weighted by molar-refractivity contribution is 5.94. The van der Waals surface area contributed by atoms with Crippen molar-refractivity contribution in [3.63, 3.8) is 0 Å². The van der Waals surface area contributed by atoms with Crippen molar-refractivity contribution in [1.82, 2.24) is 4.90 Å². The molecule has 1 heterocycles. The number of carbonyl (C=O) groups is 1. The van der Waals surface area contributed by atoms with Crippen LogP contribution in [-0.4, -0.2) is 29.0 Å². The molecule has 1 saturated heterocycles. The van der Waals surface area contributed by atoms with E-state index in [-0.39, 0.29) is 23.1 Å². The maximum absolute atomic E-state index is 13.7. The van der Waals surface area contributed by atoms with Gasteiger partial charge in [-0.05, 0) is 61.9 Å². The molecule has 0 spiro atoms. The Morgan fingerprint density at radius 3 is 2.60 bits per heavy atom. The standard InChI is InChI=1S/C20H21F2NO2/c21-18-7-2-8-19(22)17(18)10-9-14-4-3-11-23(13-14)20(25)15-5-1-6-16(24)12-15/h1-2,5-8,12,14,24H,3-4,9-11,13H2/t14-/m1/s1. The van der Waals surface area contributed by atoms with Crippen molar-refractivity contribution < 1.29 is 18.7 Å². The number of phenols is 1. The fourth-order valence-electron chi connectivity index (χ4n) is 3.43. The molecule has 1 atom stereocenters. The highest BCUT2D eigenvalue weighted by atomic mass is 19.1. The van der Waals surface area contributed by atoms with E-state index >= 15 is 0 Å². The van der Waals surface area contributed by atoms with Crippen molar-refractivity contribution >= 4 is 5.91 Å². The highest BCUT2D eigenvalue weighted by Crippen LogP contribution is 2.25. The first-order chi connectivity index (χ1) is 12.0. The molecule has 1 aliphatic heterocycles. The van der Waals surface area contributed by atoms with Crippen LogP contribution in [0.4, 0.5) is 8.78 Å². The third-order valence-corrected chi connectivity index (χ3v) is 4.76. The number of amides is 1. The Morgan fingerprint density at radius 1 is 1.16 bits per heavy atom. The topological polar surface area (TPSA) is 40.5 Å². The molecule has 132 valence electrons. The summed E-state index contributed by atoms with van der Waals surface area (Å²) < 4.78 is 27.5. The number of halogens is 2. The smallest absolute Gasteiger partial charge is 0.253 e. The number of likely N-dealkylation sites (tertiary alicyclic amines) is 1. The lowest BCUT2D eigenvalue weighted by atomic mass is 9.91. The van der Waals surface area contributed by atoms with Crippen molar-refractivity contribution in [2.24, 2.45) is 5.92 Å². The molecule has 0 radical (unpaired) electrons. The van der Waals surface area contributed by atoms with Crippen LogP contribution in [0.5, 0.6) is 5.75 Å². The zero-order chi connectivity index (χ0) is 17.8. The molecule has 25 heavy (non-hydrogen) atoms. The van der Waals surface area contributed by atoms with E-state index in [0.717, 1.165) is 12.8 Å². The minimum Gasteiger partial charge on any atom is -0.508 e. The lowest BCUT2D eigenvalue weighted by molar-refractivity contribution is 0.0667. The number of nitrogens with zero attached hydrogens (tertiary/aromatic N) is 1. The van der Waals surface area contributed by atoms with Crippen LogP contribution >= 0.6 is 0 Å². The summed E-state index contributed by atoms with van der Waals surface area (Å²) in [7, 11) is 0. The average Bonchev–Trinajstić information content (AvgIpc) is 2.61. The number of hydrogen-bond acceptors (Lipinski definition) is 2. The van der Waals surface area contributed by atoms with Gasteiger partial charge in [0.05, 0.1) is 0 Å². The van der Waals surface area contributed by atoms with Crippen molar-refractivity contribution in [3.05, 3.63) is 65.2 Å². The van der Waals surface area contributed by atoms with Gasteiger partial charge in [0.2, 0.25) is 0 Å². The van der Waals surface area contributed by atoms with Crippen LogP contribution in [0.2, 0.25) is 0 Å². The second kappa shape index (κ2) is 7.64. The molecule has 0 aromatic heterocycles. The molecule has 3 nitrogen and oxygen atoms in total. The summed E-state index contributed by atoms with van der Waals surface area (Å²) in [5.41, 5.74) is 0.583. The number of phenolic OH excluding ortho intramolecular Hbond substituents is 1. The van der Waals surface area contributed by atoms with Crippen LogP contribution in [0.25, 0.3) is 0 Å². The molecule has 3 rings (SSSR count). The average molecular weight is 345 g/mol. The molecule has 5 heteroatoms. The lowest BCUT2D eigenvalue weighted by Crippen LogP contribution is -2.40. The molecule has 2 aromatic carbocycles. The van der Waals surface area contributed by atoms with Gasteiger partial charge in [0.25, 0.3) is 5.91 Å². The predicted molar refractivity (Wildman–Crippen MR) is 91.4 cm³/mol. The predicted octanol–water partition coefficient (Wildman–Crippen LogP) is 4.16. The summed E-state index contributed by atoms with van der Waals surface area (Å²) in [5, 5.41) is 9.53. The van der Waals surface area contributed by atoms with E-state index in [1.165, 1.54) is 30.3 Å². The van der Waals surface area contributed by atoms with Crippen molar-refractivity contribution in [3.8, 4) is 5.75 Å². The summed E-state index contributed by atoms with van der Waals surface area (Å²) in [6.45, 7) is 1.24. The molecule has 1 N–H and O–H groups in total. The number of rotatable bonds is 4. The molecule has 0 saturated carbocycles. The van der Waals surface area contributed by atoms with Gasteiger partial charge in [-0.25, -0.2) is 8.78 Å². The number of benzene rings is 2. The summed E-state index contributed by atoms with van der Waals surface area (Å²) in [4.78, 5) is 14.3. The Kier molecular flexibility index (Phi) is 5.31. The van der Waals surface area contributed by atoms with Crippen LogP contribution in [0.3, 0.4) is 0 Å². The summed E-state index contributed by atoms with van der Waals surface area (Å²) >= 11 is 0. The summed E-state index contributed by atoms with van der Waals surface area (Å²) in [6, 6.07) is 10.2. The molecular formula is C20H21F2NO2. The third kappa shape index (κ3) is 4.16. The summed E-state index contributed by atoms with van der Waals surface area (Å²) in [5.74, 6) is -0.854. The first-order valence-corrected chi connectivity index (χ1v) is 8.56. The SMILES string of the molecule is O=C(c1cccc(O)c1)N1CCC[C@H](CCc2c(F)cccc2F)C1. The van der Waals surface area contributed by atoms with E-state index in [1.54, 1.807) is 17.0 Å². The van der Waals surface area contributed by atoms with E-state index in [2.05, 4.69) is 0 Å². The number of aromatic hydroxyl groups is 1. The van der Waals surface area contributed by atoms with Gasteiger partial charge in [0, 0.05) is 24.2 Å². The van der Waals surface area contributed by atoms with Crippen LogP contribution in [0, 0.1) is 17.6 Å². The van der Waals surface area contributed by atoms with Gasteiger partial charge in [0.15, 0.2) is 0 Å². The molecule has 1 fully saturated rings. The maximum Gasteiger partial charge on any atom is 0.253 e. The summed E-state index contributed by atoms with van der Waals surface area (Å²) in [6.07, 6.45) is 2.79. The largest absolute Gasteiger partial charge is 0.508 e. The molecule has 0 aliphatic carbocycles. The van der Waals surface area contributed by atoms with Crippen LogP contribution in [0.1, 0.15) is 35.2 Å². The molecule has 0 unspecified atom stereocenters. The number of hydrogen-bond donors (Lipinski definition) is 1. The number of piperidine rings is 1. The van der Waals surface area contributed by atoms with Crippen LogP contribution < -0.4 is 0 Å². The first kappa shape index (κ1) is 17.4. The van der Waals surface area contributed by atoms with Gasteiger partial charge in [-0.3, -0.25) is 4.79 Å². The second-order valence-corrected chi connectivity index (χ2v) is 6.55. The molecule has 0 bridgehead atoms. The van der Waals surface area contributed by atoms with Crippen molar-refractivity contribution in [2.45, 2.75) is 25.7 Å². The van der Waals surface area contributed by atoms with E-state index in [4.69, 9.17) is 0 Å². The van der Waals surface area contributed by atoms with Gasteiger partial charge >= 0.3 is 0 Å². The quantitative estimate of drug-likeness (QED) is 0.904. The fourth-order valence-corrected chi connectivity index (χ4v) is 3.43. The molecule has 1 amide bonds. The normalized spacial score (nSPS) is 17.5. The van der Waals surface area contributed by atoms with E-state index in [1.807, 2.05) is 0 Å². The fraction of sp³-hybridized carbons (Fsp3) is 0.350. The Balaban J connectivity index is 1.62. The first-order valence-electron chi connectivity index (χ1n) is 8.56. The number of carbonyl (C=O) groups excluding carboxylic acids is 1. The minimum absolute atomic E-state index is 0.0643. The molecule has 1 aliphatic rings. The van der Waals surface area contributed by atoms with E-state index in [9.17, 15) is 18.7 Å². The Hall–Kier alpha value is -2.43. The van der Waals surface area contributed by atoms with Gasteiger partial charge in [-0.1, -0.05) is 12.1 Å². The van der Waals surface area contributed by atoms with E-state index < -0.39 is 11.6 Å². The van der Waals surface area contributed by atoms with Crippen molar-refractivity contribution in [2.75, 3.05) is 13.1 Å². The monoisotopic (exact) mass is 345 g/mol. The van der Waals surface area contributed by atoms with E-state index in [0.29, 0.717) is 31.5 Å². The van der Waals surface area contributed by atoms with Gasteiger partial charge in [-0.15, -0.1) is 0 Å². The van der Waals surface area contributed by atoms with Gasteiger partial charge < -0.3 is 10.0 Å². The van der Waals surface area contributed by atoms with Crippen LogP contribution in [0.15, 0.2) is 42.5 Å². The van der Waals surface area contributed by atoms with Crippen molar-refractivity contribution in [1.29, 1.82) is 0 Å². The minimum atomic E-state index is -0.511. The lowest BCUT2D eigenvalue weighted by Gasteiger charge is -2.33. The van der Waals surface area contributed by atoms with Gasteiger partial charge in [-0.2, -0.15) is 0 Å². The van der Waals surface area contributed by atoms with Gasteiger partial charge in [0.1, 0.15) is 17.4 Å². The third-order valence-electron chi connectivity index (χ3n) is 4.76.